The average molecular weight is 594 g/mol. The van der Waals surface area contributed by atoms with Crippen LogP contribution in [0.5, 0.6) is 0 Å². The first-order valence-corrected chi connectivity index (χ1v) is 15.8. The van der Waals surface area contributed by atoms with Gasteiger partial charge in [-0.3, -0.25) is 34.1 Å². The van der Waals surface area contributed by atoms with E-state index in [1.165, 1.54) is 37.8 Å². The Kier molecular flexibility index (Phi) is 6.50. The van der Waals surface area contributed by atoms with E-state index in [4.69, 9.17) is 10.1 Å². The number of nitrogens with one attached hydrogen (secondary N) is 3. The van der Waals surface area contributed by atoms with E-state index in [0.29, 0.717) is 23.9 Å². The van der Waals surface area contributed by atoms with Gasteiger partial charge in [0.2, 0.25) is 11.8 Å². The number of pyridine rings is 1. The molecule has 5 aliphatic rings. The maximum Gasteiger partial charge on any atom is 0.262 e. The van der Waals surface area contributed by atoms with Gasteiger partial charge in [-0.05, 0) is 87.6 Å². The molecule has 11 nitrogen and oxygen atoms in total. The fraction of sp³-hybridized carbons (Fsp3) is 0.455. The molecular formula is C33H35N7O4. The van der Waals surface area contributed by atoms with Crippen LogP contribution in [-0.2, 0) is 9.59 Å². The number of amides is 4. The summed E-state index contributed by atoms with van der Waals surface area (Å²) in [6, 6.07) is 11.3. The zero-order chi connectivity index (χ0) is 29.9. The SMILES string of the molecule is O=C1CCC(N2C(=O)c3ccc(NCC4CC(n5cc(-c6cccc(NC7CCC7)n6)c(C6CC6)n5)C4)cc3C2=O)C(=O)N1. The van der Waals surface area contributed by atoms with Gasteiger partial charge in [-0.1, -0.05) is 6.07 Å². The smallest absolute Gasteiger partial charge is 0.262 e. The predicted octanol–water partition coefficient (Wildman–Crippen LogP) is 4.25. The van der Waals surface area contributed by atoms with Crippen molar-refractivity contribution in [3.8, 4) is 11.3 Å². The molecule has 3 saturated carbocycles. The molecule has 2 aliphatic heterocycles. The van der Waals surface area contributed by atoms with Crippen LogP contribution in [0.25, 0.3) is 11.3 Å². The summed E-state index contributed by atoms with van der Waals surface area (Å²) >= 11 is 0. The highest BCUT2D eigenvalue weighted by Crippen LogP contribution is 2.46. The second-order valence-corrected chi connectivity index (χ2v) is 12.9. The minimum atomic E-state index is -0.963. The number of hydrogen-bond acceptors (Lipinski definition) is 8. The number of nitrogens with zero attached hydrogens (tertiary/aromatic N) is 4. The van der Waals surface area contributed by atoms with Crippen molar-refractivity contribution < 1.29 is 19.2 Å². The molecule has 2 aromatic heterocycles. The molecule has 11 heteroatoms. The van der Waals surface area contributed by atoms with Crippen LogP contribution in [0.2, 0.25) is 0 Å². The van der Waals surface area contributed by atoms with Crippen molar-refractivity contribution in [1.82, 2.24) is 25.0 Å². The Hall–Kier alpha value is -4.54. The van der Waals surface area contributed by atoms with E-state index >= 15 is 0 Å². The third-order valence-corrected chi connectivity index (χ3v) is 9.83. The van der Waals surface area contributed by atoms with Crippen LogP contribution in [-0.4, -0.2) is 61.9 Å². The molecule has 3 aromatic rings. The van der Waals surface area contributed by atoms with Gasteiger partial charge in [0, 0.05) is 42.4 Å². The summed E-state index contributed by atoms with van der Waals surface area (Å²) in [5.41, 5.74) is 4.64. The topological polar surface area (TPSA) is 138 Å². The van der Waals surface area contributed by atoms with Gasteiger partial charge in [0.25, 0.3) is 11.8 Å². The van der Waals surface area contributed by atoms with Crippen molar-refractivity contribution in [2.24, 2.45) is 5.92 Å². The molecule has 226 valence electrons. The minimum Gasteiger partial charge on any atom is -0.385 e. The molecule has 1 aromatic carbocycles. The largest absolute Gasteiger partial charge is 0.385 e. The van der Waals surface area contributed by atoms with Crippen LogP contribution >= 0.6 is 0 Å². The van der Waals surface area contributed by atoms with Gasteiger partial charge in [-0.2, -0.15) is 5.10 Å². The molecule has 4 amide bonds. The van der Waals surface area contributed by atoms with Gasteiger partial charge in [0.05, 0.1) is 28.6 Å². The van der Waals surface area contributed by atoms with Crippen LogP contribution in [0.1, 0.15) is 96.2 Å². The van der Waals surface area contributed by atoms with E-state index in [9.17, 15) is 19.2 Å². The van der Waals surface area contributed by atoms with Crippen molar-refractivity contribution in [1.29, 1.82) is 0 Å². The Balaban J connectivity index is 0.903. The van der Waals surface area contributed by atoms with Gasteiger partial charge in [0.1, 0.15) is 11.9 Å². The summed E-state index contributed by atoms with van der Waals surface area (Å²) in [5, 5.41) is 14.3. The maximum absolute atomic E-state index is 13.2. The van der Waals surface area contributed by atoms with Crippen molar-refractivity contribution in [3.05, 3.63) is 59.4 Å². The predicted molar refractivity (Wildman–Crippen MR) is 162 cm³/mol. The number of hydrogen-bond donors (Lipinski definition) is 3. The summed E-state index contributed by atoms with van der Waals surface area (Å²) in [7, 11) is 0. The lowest BCUT2D eigenvalue weighted by Gasteiger charge is -2.35. The first-order valence-electron chi connectivity index (χ1n) is 15.8. The van der Waals surface area contributed by atoms with Crippen LogP contribution < -0.4 is 16.0 Å². The third-order valence-electron chi connectivity index (χ3n) is 9.83. The zero-order valence-corrected chi connectivity index (χ0v) is 24.4. The van der Waals surface area contributed by atoms with Crippen molar-refractivity contribution in [2.75, 3.05) is 17.2 Å². The molecule has 4 fully saturated rings. The molecular weight excluding hydrogens is 558 g/mol. The number of benzene rings is 1. The summed E-state index contributed by atoms with van der Waals surface area (Å²) < 4.78 is 2.15. The lowest BCUT2D eigenvalue weighted by atomic mass is 9.80. The molecule has 4 heterocycles. The molecule has 44 heavy (non-hydrogen) atoms. The van der Waals surface area contributed by atoms with Crippen LogP contribution in [0.15, 0.2) is 42.6 Å². The number of fused-ring (bicyclic) bond motifs is 1. The van der Waals surface area contributed by atoms with E-state index < -0.39 is 23.8 Å². The first kappa shape index (κ1) is 27.0. The Morgan fingerprint density at radius 1 is 0.909 bits per heavy atom. The zero-order valence-electron chi connectivity index (χ0n) is 24.4. The van der Waals surface area contributed by atoms with E-state index in [1.54, 1.807) is 18.2 Å². The first-order chi connectivity index (χ1) is 21.4. The van der Waals surface area contributed by atoms with E-state index in [0.717, 1.165) is 47.0 Å². The Labute approximate surface area is 254 Å². The van der Waals surface area contributed by atoms with Gasteiger partial charge in [0.15, 0.2) is 0 Å². The van der Waals surface area contributed by atoms with Crippen molar-refractivity contribution in [3.63, 3.8) is 0 Å². The van der Waals surface area contributed by atoms with Crippen molar-refractivity contribution >= 4 is 35.1 Å². The molecule has 1 atom stereocenters. The highest BCUT2D eigenvalue weighted by Gasteiger charge is 2.44. The molecule has 1 unspecified atom stereocenters. The van der Waals surface area contributed by atoms with E-state index in [-0.39, 0.29) is 29.9 Å². The molecule has 0 spiro atoms. The molecule has 3 aliphatic carbocycles. The summed E-state index contributed by atoms with van der Waals surface area (Å²) in [6.45, 7) is 0.744. The van der Waals surface area contributed by atoms with Gasteiger partial charge in [-0.15, -0.1) is 0 Å². The lowest BCUT2D eigenvalue weighted by Crippen LogP contribution is -2.54. The molecule has 8 rings (SSSR count). The highest BCUT2D eigenvalue weighted by atomic mass is 16.2. The van der Waals surface area contributed by atoms with Crippen molar-refractivity contribution in [2.45, 2.75) is 81.8 Å². The quantitative estimate of drug-likeness (QED) is 0.313. The monoisotopic (exact) mass is 593 g/mol. The fourth-order valence-electron chi connectivity index (χ4n) is 6.80. The maximum atomic E-state index is 13.2. The number of piperidine rings is 1. The second-order valence-electron chi connectivity index (χ2n) is 12.9. The van der Waals surface area contributed by atoms with E-state index in [1.807, 2.05) is 0 Å². The number of aromatic nitrogens is 3. The second kappa shape index (κ2) is 10.6. The van der Waals surface area contributed by atoms with Crippen LogP contribution in [0, 0.1) is 5.92 Å². The van der Waals surface area contributed by atoms with Crippen LogP contribution in [0.4, 0.5) is 11.5 Å². The van der Waals surface area contributed by atoms with Gasteiger partial charge >= 0.3 is 0 Å². The summed E-state index contributed by atoms with van der Waals surface area (Å²) in [5.74, 6) is -0.0569. The fourth-order valence-corrected chi connectivity index (χ4v) is 6.80. The standard InChI is InChI=1S/C33H35N7O4/c41-29-12-11-27(31(42)37-29)40-32(43)23-10-9-21(15-24(23)33(40)44)34-16-18-13-22(14-18)39-17-25(30(38-39)19-7-8-19)26-5-2-6-28(36-26)35-20-3-1-4-20/h2,5-6,9-10,15,17-20,22,27,34H,1,3-4,7-8,11-14,16H2,(H,35,36)(H,37,41,42). The number of rotatable bonds is 9. The highest BCUT2D eigenvalue weighted by molar-refractivity contribution is 6.23. The lowest BCUT2D eigenvalue weighted by molar-refractivity contribution is -0.136. The molecule has 0 radical (unpaired) electrons. The molecule has 1 saturated heterocycles. The van der Waals surface area contributed by atoms with Gasteiger partial charge in [-0.25, -0.2) is 4.98 Å². The Morgan fingerprint density at radius 3 is 2.48 bits per heavy atom. The van der Waals surface area contributed by atoms with Crippen LogP contribution in [0.3, 0.4) is 0 Å². The number of carbonyl (C=O) groups excluding carboxylic acids is 4. The number of carbonyl (C=O) groups is 4. The average Bonchev–Trinajstić information content (AvgIpc) is 3.68. The third kappa shape index (κ3) is 4.84. The summed E-state index contributed by atoms with van der Waals surface area (Å²) in [4.78, 5) is 55.9. The Morgan fingerprint density at radius 2 is 1.73 bits per heavy atom. The molecule has 3 N–H and O–H groups in total. The number of imide groups is 2. The van der Waals surface area contributed by atoms with Gasteiger partial charge < -0.3 is 10.6 Å². The summed E-state index contributed by atoms with van der Waals surface area (Å²) in [6.07, 6.45) is 10.5. The normalized spacial score (nSPS) is 24.9. The Bertz CT molecular complexity index is 1680. The van der Waals surface area contributed by atoms with E-state index in [2.05, 4.69) is 45.0 Å². The number of anilines is 2. The minimum absolute atomic E-state index is 0.0999. The molecule has 0 bridgehead atoms.